The van der Waals surface area contributed by atoms with Gasteiger partial charge >= 0.3 is 5.97 Å². The zero-order valence-electron chi connectivity index (χ0n) is 8.59. The summed E-state index contributed by atoms with van der Waals surface area (Å²) in [6, 6.07) is 0. The van der Waals surface area contributed by atoms with E-state index in [1.165, 1.54) is 0 Å². The van der Waals surface area contributed by atoms with Crippen molar-refractivity contribution in [3.8, 4) is 0 Å². The van der Waals surface area contributed by atoms with Crippen molar-refractivity contribution in [3.63, 3.8) is 0 Å². The van der Waals surface area contributed by atoms with E-state index in [2.05, 4.69) is 5.32 Å². The maximum absolute atomic E-state index is 11.4. The summed E-state index contributed by atoms with van der Waals surface area (Å²) in [6.45, 7) is 1.97. The zero-order chi connectivity index (χ0) is 10.0. The van der Waals surface area contributed by atoms with E-state index >= 15 is 0 Å². The molecule has 1 saturated heterocycles. The minimum atomic E-state index is -0.552. The van der Waals surface area contributed by atoms with Crippen molar-refractivity contribution >= 4 is 5.97 Å². The molecule has 80 valence electrons. The van der Waals surface area contributed by atoms with E-state index in [9.17, 15) is 9.90 Å². The molecule has 3 heteroatoms. The number of carboxylic acids is 1. The topological polar surface area (TPSA) is 49.3 Å². The molecule has 1 unspecified atom stereocenters. The van der Waals surface area contributed by atoms with Gasteiger partial charge in [-0.3, -0.25) is 4.79 Å². The van der Waals surface area contributed by atoms with Crippen LogP contribution in [0.15, 0.2) is 0 Å². The average Bonchev–Trinajstić information content (AvgIpc) is 2.69. The van der Waals surface area contributed by atoms with Crippen molar-refractivity contribution in [2.24, 2.45) is 11.3 Å². The van der Waals surface area contributed by atoms with Crippen molar-refractivity contribution in [2.45, 2.75) is 38.5 Å². The van der Waals surface area contributed by atoms with E-state index in [4.69, 9.17) is 0 Å². The van der Waals surface area contributed by atoms with Crippen LogP contribution in [-0.4, -0.2) is 24.2 Å². The van der Waals surface area contributed by atoms with Crippen LogP contribution < -0.4 is 5.32 Å². The number of hydrogen-bond donors (Lipinski definition) is 2. The quantitative estimate of drug-likeness (QED) is 0.707. The first-order valence-corrected chi connectivity index (χ1v) is 5.70. The van der Waals surface area contributed by atoms with E-state index < -0.39 is 5.97 Å². The van der Waals surface area contributed by atoms with E-state index in [1.54, 1.807) is 0 Å². The van der Waals surface area contributed by atoms with Gasteiger partial charge in [-0.1, -0.05) is 12.8 Å². The standard InChI is InChI=1S/C11H19NO2/c13-10(14)11(5-1-2-6-11)9-4-3-7-12-8-9/h9,12H,1-8H2,(H,13,14). The number of carbonyl (C=O) groups is 1. The molecule has 0 amide bonds. The molecule has 0 aromatic carbocycles. The molecule has 0 spiro atoms. The van der Waals surface area contributed by atoms with Crippen molar-refractivity contribution in [2.75, 3.05) is 13.1 Å². The first-order chi connectivity index (χ1) is 6.76. The molecule has 2 aliphatic rings. The smallest absolute Gasteiger partial charge is 0.309 e. The SMILES string of the molecule is O=C(O)C1(C2CCCNC2)CCCC1. The summed E-state index contributed by atoms with van der Waals surface area (Å²) in [5.41, 5.74) is -0.382. The Kier molecular flexibility index (Phi) is 2.77. The summed E-state index contributed by atoms with van der Waals surface area (Å²) in [7, 11) is 0. The Morgan fingerprint density at radius 2 is 2.00 bits per heavy atom. The molecule has 14 heavy (non-hydrogen) atoms. The minimum Gasteiger partial charge on any atom is -0.481 e. The van der Waals surface area contributed by atoms with Gasteiger partial charge in [-0.25, -0.2) is 0 Å². The van der Waals surface area contributed by atoms with Gasteiger partial charge in [-0.2, -0.15) is 0 Å². The number of aliphatic carboxylic acids is 1. The van der Waals surface area contributed by atoms with Gasteiger partial charge in [0.2, 0.25) is 0 Å². The minimum absolute atomic E-state index is 0.372. The van der Waals surface area contributed by atoms with Crippen LogP contribution in [-0.2, 0) is 4.79 Å². The van der Waals surface area contributed by atoms with Crippen LogP contribution in [0.4, 0.5) is 0 Å². The molecule has 1 aliphatic carbocycles. The monoisotopic (exact) mass is 197 g/mol. The lowest BCUT2D eigenvalue weighted by molar-refractivity contribution is -0.152. The Bertz CT molecular complexity index is 215. The Hall–Kier alpha value is -0.570. The summed E-state index contributed by atoms with van der Waals surface area (Å²) < 4.78 is 0. The number of carboxylic acid groups (broad SMARTS) is 1. The molecule has 0 aromatic heterocycles. The highest BCUT2D eigenvalue weighted by atomic mass is 16.4. The lowest BCUT2D eigenvalue weighted by Gasteiger charge is -2.36. The number of hydrogen-bond acceptors (Lipinski definition) is 2. The van der Waals surface area contributed by atoms with Crippen molar-refractivity contribution in [1.82, 2.24) is 5.32 Å². The average molecular weight is 197 g/mol. The van der Waals surface area contributed by atoms with Gasteiger partial charge in [0.05, 0.1) is 5.41 Å². The Morgan fingerprint density at radius 1 is 1.29 bits per heavy atom. The summed E-state index contributed by atoms with van der Waals surface area (Å²) >= 11 is 0. The molecular formula is C11H19NO2. The van der Waals surface area contributed by atoms with Crippen LogP contribution in [0, 0.1) is 11.3 Å². The molecule has 1 aliphatic heterocycles. The number of rotatable bonds is 2. The molecule has 0 aromatic rings. The van der Waals surface area contributed by atoms with Crippen molar-refractivity contribution in [1.29, 1.82) is 0 Å². The fourth-order valence-electron chi connectivity index (χ4n) is 3.13. The van der Waals surface area contributed by atoms with Crippen molar-refractivity contribution < 1.29 is 9.90 Å². The predicted octanol–water partition coefficient (Wildman–Crippen LogP) is 1.63. The van der Waals surface area contributed by atoms with Crippen LogP contribution in [0.3, 0.4) is 0 Å². The third-order valence-corrected chi connectivity index (χ3v) is 4.00. The summed E-state index contributed by atoms with van der Waals surface area (Å²) in [5, 5.41) is 12.7. The van der Waals surface area contributed by atoms with Gasteiger partial charge < -0.3 is 10.4 Å². The van der Waals surface area contributed by atoms with Gasteiger partial charge in [-0.05, 0) is 44.7 Å². The molecule has 1 atom stereocenters. The Balaban J connectivity index is 2.12. The van der Waals surface area contributed by atoms with Gasteiger partial charge in [0, 0.05) is 0 Å². The molecule has 0 bridgehead atoms. The predicted molar refractivity (Wildman–Crippen MR) is 54.1 cm³/mol. The fourth-order valence-corrected chi connectivity index (χ4v) is 3.13. The maximum Gasteiger partial charge on any atom is 0.309 e. The molecule has 1 heterocycles. The van der Waals surface area contributed by atoms with E-state index in [0.717, 1.165) is 51.6 Å². The fraction of sp³-hybridized carbons (Fsp3) is 0.909. The normalized spacial score (nSPS) is 31.6. The second-order valence-electron chi connectivity index (χ2n) is 4.71. The van der Waals surface area contributed by atoms with Crippen LogP contribution in [0.1, 0.15) is 38.5 Å². The van der Waals surface area contributed by atoms with Gasteiger partial charge in [0.15, 0.2) is 0 Å². The molecule has 1 saturated carbocycles. The second-order valence-corrected chi connectivity index (χ2v) is 4.71. The highest BCUT2D eigenvalue weighted by molar-refractivity contribution is 5.75. The lowest BCUT2D eigenvalue weighted by Crippen LogP contribution is -2.44. The first kappa shape index (κ1) is 9.97. The van der Waals surface area contributed by atoms with Crippen LogP contribution in [0.25, 0.3) is 0 Å². The van der Waals surface area contributed by atoms with E-state index in [0.29, 0.717) is 5.92 Å². The van der Waals surface area contributed by atoms with E-state index in [1.807, 2.05) is 0 Å². The van der Waals surface area contributed by atoms with Crippen molar-refractivity contribution in [3.05, 3.63) is 0 Å². The molecule has 3 nitrogen and oxygen atoms in total. The van der Waals surface area contributed by atoms with Crippen LogP contribution >= 0.6 is 0 Å². The third-order valence-electron chi connectivity index (χ3n) is 4.00. The number of piperidine rings is 1. The Labute approximate surface area is 84.9 Å². The third kappa shape index (κ3) is 1.54. The molecule has 0 radical (unpaired) electrons. The highest BCUT2D eigenvalue weighted by Gasteiger charge is 2.47. The Morgan fingerprint density at radius 3 is 2.50 bits per heavy atom. The largest absolute Gasteiger partial charge is 0.481 e. The van der Waals surface area contributed by atoms with Crippen LogP contribution in [0.5, 0.6) is 0 Å². The van der Waals surface area contributed by atoms with Crippen LogP contribution in [0.2, 0.25) is 0 Å². The molecule has 2 rings (SSSR count). The molecule has 2 N–H and O–H groups in total. The second kappa shape index (κ2) is 3.89. The first-order valence-electron chi connectivity index (χ1n) is 5.70. The van der Waals surface area contributed by atoms with Gasteiger partial charge in [0.1, 0.15) is 0 Å². The summed E-state index contributed by atoms with van der Waals surface area (Å²) in [5.74, 6) is -0.181. The van der Waals surface area contributed by atoms with E-state index in [-0.39, 0.29) is 5.41 Å². The van der Waals surface area contributed by atoms with Gasteiger partial charge in [0.25, 0.3) is 0 Å². The summed E-state index contributed by atoms with van der Waals surface area (Å²) in [6.07, 6.45) is 6.23. The zero-order valence-corrected chi connectivity index (χ0v) is 8.59. The number of nitrogens with one attached hydrogen (secondary N) is 1. The molecular weight excluding hydrogens is 178 g/mol. The highest BCUT2D eigenvalue weighted by Crippen LogP contribution is 2.46. The summed E-state index contributed by atoms with van der Waals surface area (Å²) in [4.78, 5) is 11.4. The molecule has 2 fully saturated rings. The lowest BCUT2D eigenvalue weighted by atomic mass is 9.71. The van der Waals surface area contributed by atoms with Gasteiger partial charge in [-0.15, -0.1) is 0 Å². The maximum atomic E-state index is 11.4.